The Kier molecular flexibility index (Phi) is 3.48. The van der Waals surface area contributed by atoms with E-state index < -0.39 is 0 Å². The average Bonchev–Trinajstić information content (AvgIpc) is 2.27. The van der Waals surface area contributed by atoms with E-state index in [1.807, 2.05) is 12.1 Å². The number of hydrogen-bond acceptors (Lipinski definition) is 5. The number of nitrogens with zero attached hydrogens (tertiary/aromatic N) is 4. The second-order valence-electron chi connectivity index (χ2n) is 2.91. The van der Waals surface area contributed by atoms with Crippen LogP contribution in [0.2, 0.25) is 10.6 Å². The minimum absolute atomic E-state index is 0.0669. The van der Waals surface area contributed by atoms with Crippen molar-refractivity contribution in [2.45, 2.75) is 6.54 Å². The number of nitrogens with one attached hydrogen (secondary N) is 1. The Hall–Kier alpha value is -1.46. The number of hydrogen-bond donors (Lipinski definition) is 1. The fourth-order valence-electron chi connectivity index (χ4n) is 1.09. The predicted octanol–water partition coefficient (Wildman–Crippen LogP) is 2.19. The highest BCUT2D eigenvalue weighted by atomic mass is 35.5. The van der Waals surface area contributed by atoms with Crippen LogP contribution < -0.4 is 5.32 Å². The summed E-state index contributed by atoms with van der Waals surface area (Å²) in [6.07, 6.45) is 3.43. The standard InChI is InChI=1S/C9H7Cl2N5/c10-7-14-8(11)16-9(15-7)13-5-6-1-3-12-4-2-6/h1-4H,5H2,(H,13,14,15,16). The minimum Gasteiger partial charge on any atom is -0.350 e. The van der Waals surface area contributed by atoms with Gasteiger partial charge in [0, 0.05) is 18.9 Å². The molecule has 2 rings (SSSR count). The summed E-state index contributed by atoms with van der Waals surface area (Å²) < 4.78 is 0. The molecule has 5 nitrogen and oxygen atoms in total. The Morgan fingerprint density at radius 1 is 1.00 bits per heavy atom. The first kappa shape index (κ1) is 11.0. The molecule has 0 aliphatic rings. The van der Waals surface area contributed by atoms with Crippen molar-refractivity contribution in [1.82, 2.24) is 19.9 Å². The first-order chi connectivity index (χ1) is 7.74. The molecule has 0 aliphatic carbocycles. The molecule has 7 heteroatoms. The van der Waals surface area contributed by atoms with Crippen molar-refractivity contribution >= 4 is 29.2 Å². The van der Waals surface area contributed by atoms with Crippen LogP contribution in [0.4, 0.5) is 5.95 Å². The SMILES string of the molecule is Clc1nc(Cl)nc(NCc2ccncc2)n1. The van der Waals surface area contributed by atoms with Gasteiger partial charge in [-0.25, -0.2) is 0 Å². The van der Waals surface area contributed by atoms with Gasteiger partial charge in [-0.1, -0.05) is 0 Å². The van der Waals surface area contributed by atoms with Crippen LogP contribution in [-0.4, -0.2) is 19.9 Å². The quantitative estimate of drug-likeness (QED) is 0.911. The lowest BCUT2D eigenvalue weighted by molar-refractivity contribution is 0.999. The maximum atomic E-state index is 5.64. The van der Waals surface area contributed by atoms with Crippen LogP contribution >= 0.6 is 23.2 Å². The number of aromatic nitrogens is 4. The summed E-state index contributed by atoms with van der Waals surface area (Å²) in [5.41, 5.74) is 1.06. The van der Waals surface area contributed by atoms with E-state index in [0.29, 0.717) is 12.5 Å². The van der Waals surface area contributed by atoms with E-state index in [2.05, 4.69) is 25.3 Å². The molecule has 0 radical (unpaired) electrons. The zero-order chi connectivity index (χ0) is 11.4. The largest absolute Gasteiger partial charge is 0.350 e. The summed E-state index contributed by atoms with van der Waals surface area (Å²) in [4.78, 5) is 15.3. The lowest BCUT2D eigenvalue weighted by Gasteiger charge is -2.04. The summed E-state index contributed by atoms with van der Waals surface area (Å²) in [5.74, 6) is 0.349. The van der Waals surface area contributed by atoms with Crippen LogP contribution in [0.5, 0.6) is 0 Å². The molecule has 2 aromatic heterocycles. The molecule has 0 fully saturated rings. The molecule has 1 N–H and O–H groups in total. The van der Waals surface area contributed by atoms with Crippen molar-refractivity contribution < 1.29 is 0 Å². The Bertz CT molecular complexity index is 456. The zero-order valence-electron chi connectivity index (χ0n) is 8.06. The van der Waals surface area contributed by atoms with Gasteiger partial charge in [0.1, 0.15) is 0 Å². The fourth-order valence-corrected chi connectivity index (χ4v) is 1.45. The van der Waals surface area contributed by atoms with Gasteiger partial charge in [0.2, 0.25) is 16.5 Å². The van der Waals surface area contributed by atoms with Crippen molar-refractivity contribution in [2.24, 2.45) is 0 Å². The molecule has 0 spiro atoms. The number of halogens is 2. The van der Waals surface area contributed by atoms with Crippen LogP contribution in [0.15, 0.2) is 24.5 Å². The number of pyridine rings is 1. The van der Waals surface area contributed by atoms with Crippen LogP contribution in [-0.2, 0) is 6.54 Å². The maximum absolute atomic E-state index is 5.64. The van der Waals surface area contributed by atoms with Gasteiger partial charge in [-0.05, 0) is 40.9 Å². The molecule has 0 amide bonds. The molecule has 82 valence electrons. The van der Waals surface area contributed by atoms with Crippen LogP contribution in [0.3, 0.4) is 0 Å². The third-order valence-corrected chi connectivity index (χ3v) is 2.12. The Morgan fingerprint density at radius 3 is 2.25 bits per heavy atom. The number of rotatable bonds is 3. The lowest BCUT2D eigenvalue weighted by atomic mass is 10.3. The van der Waals surface area contributed by atoms with Gasteiger partial charge in [0.25, 0.3) is 0 Å². The molecule has 0 unspecified atom stereocenters. The molecule has 16 heavy (non-hydrogen) atoms. The summed E-state index contributed by atoms with van der Waals surface area (Å²) in [7, 11) is 0. The van der Waals surface area contributed by atoms with Gasteiger partial charge in [-0.3, -0.25) is 4.98 Å². The highest BCUT2D eigenvalue weighted by Crippen LogP contribution is 2.10. The smallest absolute Gasteiger partial charge is 0.228 e. The maximum Gasteiger partial charge on any atom is 0.228 e. The van der Waals surface area contributed by atoms with Crippen molar-refractivity contribution in [2.75, 3.05) is 5.32 Å². The van der Waals surface area contributed by atoms with E-state index in [-0.39, 0.29) is 10.6 Å². The second-order valence-corrected chi connectivity index (χ2v) is 3.58. The van der Waals surface area contributed by atoms with Crippen molar-refractivity contribution in [3.8, 4) is 0 Å². The molecule has 0 aliphatic heterocycles. The van der Waals surface area contributed by atoms with Gasteiger partial charge in [-0.2, -0.15) is 15.0 Å². The minimum atomic E-state index is 0.0669. The molecule has 0 saturated carbocycles. The highest BCUT2D eigenvalue weighted by molar-refractivity contribution is 6.31. The van der Waals surface area contributed by atoms with Gasteiger partial charge in [0.15, 0.2) is 0 Å². The van der Waals surface area contributed by atoms with Crippen LogP contribution in [0.25, 0.3) is 0 Å². The van der Waals surface area contributed by atoms with E-state index in [1.54, 1.807) is 12.4 Å². The van der Waals surface area contributed by atoms with Crippen molar-refractivity contribution in [3.05, 3.63) is 40.7 Å². The van der Waals surface area contributed by atoms with Gasteiger partial charge in [0.05, 0.1) is 0 Å². The topological polar surface area (TPSA) is 63.6 Å². The van der Waals surface area contributed by atoms with Crippen molar-refractivity contribution in [1.29, 1.82) is 0 Å². The monoisotopic (exact) mass is 255 g/mol. The van der Waals surface area contributed by atoms with E-state index in [1.165, 1.54) is 0 Å². The summed E-state index contributed by atoms with van der Waals surface area (Å²) in [6.45, 7) is 0.569. The molecular weight excluding hydrogens is 249 g/mol. The Morgan fingerprint density at radius 2 is 1.62 bits per heavy atom. The number of anilines is 1. The third kappa shape index (κ3) is 3.01. The van der Waals surface area contributed by atoms with Gasteiger partial charge >= 0.3 is 0 Å². The van der Waals surface area contributed by atoms with Crippen LogP contribution in [0.1, 0.15) is 5.56 Å². The molecular formula is C9H7Cl2N5. The summed E-state index contributed by atoms with van der Waals surface area (Å²) in [6, 6.07) is 3.77. The molecule has 0 saturated heterocycles. The van der Waals surface area contributed by atoms with E-state index in [4.69, 9.17) is 23.2 Å². The first-order valence-electron chi connectivity index (χ1n) is 4.44. The normalized spacial score (nSPS) is 10.1. The van der Waals surface area contributed by atoms with Gasteiger partial charge < -0.3 is 5.32 Å². The van der Waals surface area contributed by atoms with Crippen molar-refractivity contribution in [3.63, 3.8) is 0 Å². The van der Waals surface area contributed by atoms with E-state index in [9.17, 15) is 0 Å². The lowest BCUT2D eigenvalue weighted by Crippen LogP contribution is -2.04. The Labute approximate surface area is 102 Å². The van der Waals surface area contributed by atoms with E-state index in [0.717, 1.165) is 5.56 Å². The molecule has 2 heterocycles. The fraction of sp³-hybridized carbons (Fsp3) is 0.111. The molecule has 0 atom stereocenters. The molecule has 0 aromatic carbocycles. The molecule has 0 bridgehead atoms. The van der Waals surface area contributed by atoms with E-state index >= 15 is 0 Å². The Balaban J connectivity index is 2.05. The average molecular weight is 256 g/mol. The molecule has 2 aromatic rings. The predicted molar refractivity (Wildman–Crippen MR) is 61.4 cm³/mol. The first-order valence-corrected chi connectivity index (χ1v) is 5.19. The highest BCUT2D eigenvalue weighted by Gasteiger charge is 2.02. The second kappa shape index (κ2) is 5.05. The van der Waals surface area contributed by atoms with Crippen LogP contribution in [0, 0.1) is 0 Å². The summed E-state index contributed by atoms with van der Waals surface area (Å²) >= 11 is 11.3. The van der Waals surface area contributed by atoms with Gasteiger partial charge in [-0.15, -0.1) is 0 Å². The summed E-state index contributed by atoms with van der Waals surface area (Å²) in [5, 5.41) is 3.12. The zero-order valence-corrected chi connectivity index (χ0v) is 9.57. The third-order valence-electron chi connectivity index (χ3n) is 1.78.